The van der Waals surface area contributed by atoms with Crippen LogP contribution in [0.4, 0.5) is 0 Å². The molecule has 0 spiro atoms. The molecule has 3 heteroatoms. The largest absolute Gasteiger partial charge is 0.241 e. The van der Waals surface area contributed by atoms with Crippen LogP contribution in [0.25, 0.3) is 0 Å². The molecule has 0 aromatic carbocycles. The first-order valence-electron chi connectivity index (χ1n) is 16.2. The van der Waals surface area contributed by atoms with Crippen LogP contribution in [0.1, 0.15) is 154 Å². The maximum Gasteiger partial charge on any atom is 0.241 e. The number of hydrogen-bond acceptors (Lipinski definition) is 0. The summed E-state index contributed by atoms with van der Waals surface area (Å²) in [4.78, 5) is 0.698. The molecule has 0 aromatic heterocycles. The molecule has 0 atom stereocenters. The Bertz CT molecular complexity index is 505. The average molecular weight is 525 g/mol. The number of halogens is 1. The maximum absolute atomic E-state index is 8.71. The summed E-state index contributed by atoms with van der Waals surface area (Å²) >= 11 is 8.71. The van der Waals surface area contributed by atoms with Crippen LogP contribution in [0.5, 0.6) is 0 Å². The number of alkyl halides is 1. The fourth-order valence-corrected chi connectivity index (χ4v) is 33.5. The molecule has 6 saturated carbocycles. The molecule has 0 amide bonds. The molecule has 0 heterocycles. The summed E-state index contributed by atoms with van der Waals surface area (Å²) < 4.78 is 0. The minimum absolute atomic E-state index is 0.698. The fourth-order valence-electron chi connectivity index (χ4n) is 11.3. The molecule has 0 saturated heterocycles. The van der Waals surface area contributed by atoms with Crippen molar-refractivity contribution in [3.05, 3.63) is 0 Å². The van der Waals surface area contributed by atoms with Crippen LogP contribution in [-0.2, 0) is 0 Å². The minimum atomic E-state index is -1.19. The summed E-state index contributed by atoms with van der Waals surface area (Å²) in [6.45, 7) is 0. The zero-order chi connectivity index (χ0) is 23.0. The van der Waals surface area contributed by atoms with Crippen molar-refractivity contribution in [2.75, 3.05) is 0 Å². The lowest BCUT2D eigenvalue weighted by Gasteiger charge is -2.53. The summed E-state index contributed by atoms with van der Waals surface area (Å²) in [5.41, 5.74) is 6.53. The maximum atomic E-state index is 8.71. The van der Waals surface area contributed by atoms with E-state index in [2.05, 4.69) is 0 Å². The Morgan fingerprint density at radius 2 is 0.471 bits per heavy atom. The van der Waals surface area contributed by atoms with Gasteiger partial charge < -0.3 is 0 Å². The lowest BCUT2D eigenvalue weighted by Crippen LogP contribution is -2.42. The van der Waals surface area contributed by atoms with Gasteiger partial charge >= 0.3 is 0 Å². The van der Waals surface area contributed by atoms with Crippen molar-refractivity contribution in [2.45, 2.75) is 193 Å². The zero-order valence-electron chi connectivity index (χ0n) is 22.3. The predicted octanol–water partition coefficient (Wildman–Crippen LogP) is 11.2. The van der Waals surface area contributed by atoms with Crippen molar-refractivity contribution in [1.82, 2.24) is 0 Å². The van der Waals surface area contributed by atoms with Crippen LogP contribution < -0.4 is 0 Å². The second-order valence-corrected chi connectivity index (χ2v) is 24.2. The summed E-state index contributed by atoms with van der Waals surface area (Å²) in [5.74, 6) is 0. The second-order valence-electron chi connectivity index (χ2n) is 13.7. The SMILES string of the molecule is ClC([P+](C1CCCC1)(C1CCCC1)C1CCCC1)[P+](C1CCCC1)(C1CCCC1)C1CCCC1. The van der Waals surface area contributed by atoms with Gasteiger partial charge in [0.15, 0.2) is 0 Å². The molecular weight excluding hydrogens is 470 g/mol. The first-order chi connectivity index (χ1) is 16.8. The average Bonchev–Trinajstić information content (AvgIpc) is 3.71. The van der Waals surface area contributed by atoms with Gasteiger partial charge in [-0.3, -0.25) is 0 Å². The van der Waals surface area contributed by atoms with E-state index in [1.165, 1.54) is 77.0 Å². The summed E-state index contributed by atoms with van der Waals surface area (Å²) in [6, 6.07) is 0. The standard InChI is InChI=1S/C31H55ClP2/c32-31(33(25-13-1-2-14-25,26-15-3-4-16-26)27-17-5-6-18-27)34(28-19-7-8-20-28,29-21-9-10-22-29)30-23-11-12-24-30/h25-31H,1-24H2/q+2. The highest BCUT2D eigenvalue weighted by Gasteiger charge is 2.75. The normalized spacial score (nSPS) is 30.2. The van der Waals surface area contributed by atoms with Crippen LogP contribution in [0, 0.1) is 0 Å². The van der Waals surface area contributed by atoms with Gasteiger partial charge in [-0.25, -0.2) is 0 Å². The van der Waals surface area contributed by atoms with E-state index in [-0.39, 0.29) is 0 Å². The smallest absolute Gasteiger partial charge is 0.0494 e. The Balaban J connectivity index is 1.52. The van der Waals surface area contributed by atoms with Gasteiger partial charge in [0.1, 0.15) is 0 Å². The molecule has 0 nitrogen and oxygen atoms in total. The molecule has 6 aliphatic carbocycles. The highest BCUT2D eigenvalue weighted by atomic mass is 35.5. The zero-order valence-corrected chi connectivity index (χ0v) is 24.8. The molecule has 0 unspecified atom stereocenters. The van der Waals surface area contributed by atoms with Crippen molar-refractivity contribution in [1.29, 1.82) is 0 Å². The molecule has 6 aliphatic rings. The van der Waals surface area contributed by atoms with Gasteiger partial charge in [-0.15, -0.1) is 0 Å². The first-order valence-corrected chi connectivity index (χ1v) is 20.8. The van der Waals surface area contributed by atoms with E-state index in [0.717, 1.165) is 34.0 Å². The van der Waals surface area contributed by atoms with Gasteiger partial charge in [0.25, 0.3) is 0 Å². The summed E-state index contributed by atoms with van der Waals surface area (Å²) in [5, 5.41) is 0. The summed E-state index contributed by atoms with van der Waals surface area (Å²) in [6.07, 6.45) is 37.5. The second kappa shape index (κ2) is 11.1. The van der Waals surface area contributed by atoms with E-state index in [4.69, 9.17) is 11.6 Å². The van der Waals surface area contributed by atoms with Gasteiger partial charge in [0.2, 0.25) is 4.86 Å². The van der Waals surface area contributed by atoms with Crippen LogP contribution in [0.2, 0.25) is 0 Å². The van der Waals surface area contributed by atoms with E-state index in [9.17, 15) is 0 Å². The fraction of sp³-hybridized carbons (Fsp3) is 1.00. The van der Waals surface area contributed by atoms with Crippen LogP contribution in [0.15, 0.2) is 0 Å². The Morgan fingerprint density at radius 3 is 0.618 bits per heavy atom. The molecule has 0 bridgehead atoms. The molecule has 0 aliphatic heterocycles. The van der Waals surface area contributed by atoms with Crippen molar-refractivity contribution in [3.63, 3.8) is 0 Å². The molecule has 34 heavy (non-hydrogen) atoms. The molecule has 0 radical (unpaired) electrons. The van der Waals surface area contributed by atoms with E-state index >= 15 is 0 Å². The van der Waals surface area contributed by atoms with Crippen LogP contribution in [-0.4, -0.2) is 38.8 Å². The van der Waals surface area contributed by atoms with E-state index in [1.807, 2.05) is 0 Å². The van der Waals surface area contributed by atoms with Gasteiger partial charge in [0.05, 0.1) is 48.5 Å². The Hall–Kier alpha value is 1.15. The van der Waals surface area contributed by atoms with Crippen molar-refractivity contribution >= 4 is 26.1 Å². The molecular formula is C31H55ClP2+2. The molecule has 194 valence electrons. The van der Waals surface area contributed by atoms with Gasteiger partial charge in [0, 0.05) is 0 Å². The third kappa shape index (κ3) is 4.12. The van der Waals surface area contributed by atoms with E-state index in [1.54, 1.807) is 77.0 Å². The Labute approximate surface area is 218 Å². The van der Waals surface area contributed by atoms with Crippen molar-refractivity contribution in [2.24, 2.45) is 0 Å². The van der Waals surface area contributed by atoms with Crippen molar-refractivity contribution < 1.29 is 0 Å². The minimum Gasteiger partial charge on any atom is -0.0494 e. The quantitative estimate of drug-likeness (QED) is 0.219. The molecule has 6 fully saturated rings. The lowest BCUT2D eigenvalue weighted by molar-refractivity contribution is 0.729. The molecule has 0 aromatic rings. The van der Waals surface area contributed by atoms with E-state index < -0.39 is 14.5 Å². The predicted molar refractivity (Wildman–Crippen MR) is 157 cm³/mol. The Morgan fingerprint density at radius 1 is 0.324 bits per heavy atom. The topological polar surface area (TPSA) is 0 Å². The monoisotopic (exact) mass is 524 g/mol. The van der Waals surface area contributed by atoms with Gasteiger partial charge in [-0.1, -0.05) is 0 Å². The first kappa shape index (κ1) is 25.4. The third-order valence-corrected chi connectivity index (χ3v) is 29.1. The summed E-state index contributed by atoms with van der Waals surface area (Å²) in [7, 11) is -2.39. The lowest BCUT2D eigenvalue weighted by atomic mass is 10.3. The number of hydrogen-bond donors (Lipinski definition) is 0. The Kier molecular flexibility index (Phi) is 8.30. The van der Waals surface area contributed by atoms with Crippen molar-refractivity contribution in [3.8, 4) is 0 Å². The van der Waals surface area contributed by atoms with Crippen LogP contribution in [0.3, 0.4) is 0 Å². The molecule has 0 N–H and O–H groups in total. The highest BCUT2D eigenvalue weighted by Crippen LogP contribution is 2.95. The third-order valence-electron chi connectivity index (χ3n) is 12.5. The number of rotatable bonds is 8. The molecule has 6 rings (SSSR count). The van der Waals surface area contributed by atoms with E-state index in [0.29, 0.717) is 4.86 Å². The highest BCUT2D eigenvalue weighted by molar-refractivity contribution is 7.96. The van der Waals surface area contributed by atoms with Gasteiger partial charge in [-0.05, 0) is 166 Å². The van der Waals surface area contributed by atoms with Gasteiger partial charge in [-0.2, -0.15) is 0 Å². The van der Waals surface area contributed by atoms with Crippen LogP contribution >= 0.6 is 26.1 Å².